The van der Waals surface area contributed by atoms with Gasteiger partial charge in [0.2, 0.25) is 17.7 Å². The number of amides is 3. The first kappa shape index (κ1) is 36.3. The zero-order valence-electron chi connectivity index (χ0n) is 28.9. The van der Waals surface area contributed by atoms with Crippen LogP contribution in [0.1, 0.15) is 99.2 Å². The molecule has 5 atom stereocenters. The molecule has 250 valence electrons. The lowest BCUT2D eigenvalue weighted by atomic mass is 9.95. The Hall–Kier alpha value is -3.20. The van der Waals surface area contributed by atoms with E-state index in [9.17, 15) is 19.2 Å². The number of likely N-dealkylation sites (N-methyl/N-ethyl adjacent to an activating group) is 1. The van der Waals surface area contributed by atoms with E-state index >= 15 is 0 Å². The molecule has 2 aliphatic rings. The molecule has 45 heavy (non-hydrogen) atoms. The molecule has 0 bridgehead atoms. The Bertz CT molecular complexity index is 1200. The predicted octanol–water partition coefficient (Wildman–Crippen LogP) is 5.11. The number of esters is 1. The molecule has 9 nitrogen and oxygen atoms in total. The van der Waals surface area contributed by atoms with Gasteiger partial charge in [-0.1, -0.05) is 70.5 Å². The van der Waals surface area contributed by atoms with Crippen LogP contribution in [0.3, 0.4) is 0 Å². The van der Waals surface area contributed by atoms with E-state index in [1.54, 1.807) is 23.8 Å². The number of hydrogen-bond donors (Lipinski definition) is 1. The van der Waals surface area contributed by atoms with Gasteiger partial charge < -0.3 is 19.9 Å². The molecule has 2 saturated heterocycles. The van der Waals surface area contributed by atoms with Gasteiger partial charge in [0.15, 0.2) is 0 Å². The second-order valence-electron chi connectivity index (χ2n) is 13.8. The normalized spacial score (nSPS) is 21.5. The van der Waals surface area contributed by atoms with Gasteiger partial charge in [0, 0.05) is 25.2 Å². The van der Waals surface area contributed by atoms with Crippen molar-refractivity contribution in [2.75, 3.05) is 20.1 Å². The Labute approximate surface area is 270 Å². The summed E-state index contributed by atoms with van der Waals surface area (Å²) in [6, 6.07) is 7.84. The van der Waals surface area contributed by atoms with E-state index < -0.39 is 24.2 Å². The van der Waals surface area contributed by atoms with Crippen LogP contribution in [0.2, 0.25) is 0 Å². The standard InChI is InChI=1S/C36H56N4O5/c1-23(2)31(38(9)35(43)32(24(3)4)37-33(41)29-18-13-14-20-39(29)25(5)6)22-26(7)34(42)40-21-15-19-30(40)36(44)45-27(8)28-16-11-10-12-17-28/h10-12,16-17,22-25,27,29-32H,13-15,18-21H2,1-9H3,(H,37,41)/b26-22+/t27?,29?,30-,31+,32-/m0/s1. The first-order chi connectivity index (χ1) is 21.2. The molecular weight excluding hydrogens is 568 g/mol. The second kappa shape index (κ2) is 16.4. The van der Waals surface area contributed by atoms with Gasteiger partial charge >= 0.3 is 5.97 Å². The van der Waals surface area contributed by atoms with Crippen molar-refractivity contribution < 1.29 is 23.9 Å². The first-order valence-electron chi connectivity index (χ1n) is 16.8. The average molecular weight is 625 g/mol. The maximum atomic E-state index is 13.9. The summed E-state index contributed by atoms with van der Waals surface area (Å²) in [6.07, 6.45) is 5.54. The molecule has 1 aromatic carbocycles. The highest BCUT2D eigenvalue weighted by molar-refractivity contribution is 5.96. The smallest absolute Gasteiger partial charge is 0.329 e. The van der Waals surface area contributed by atoms with E-state index in [2.05, 4.69) is 24.1 Å². The number of piperidine rings is 1. The molecule has 9 heteroatoms. The number of nitrogens with one attached hydrogen (secondary N) is 1. The molecule has 2 aliphatic heterocycles. The molecule has 0 radical (unpaired) electrons. The lowest BCUT2D eigenvalue weighted by Crippen LogP contribution is -2.58. The fraction of sp³-hybridized carbons (Fsp3) is 0.667. The van der Waals surface area contributed by atoms with Gasteiger partial charge in [0.1, 0.15) is 18.2 Å². The number of likely N-dealkylation sites (tertiary alicyclic amines) is 2. The van der Waals surface area contributed by atoms with Gasteiger partial charge in [0.05, 0.1) is 12.1 Å². The van der Waals surface area contributed by atoms with Crippen LogP contribution in [0.4, 0.5) is 0 Å². The third-order valence-electron chi connectivity index (χ3n) is 9.32. The van der Waals surface area contributed by atoms with Crippen molar-refractivity contribution in [1.29, 1.82) is 0 Å². The molecular formula is C36H56N4O5. The lowest BCUT2D eigenvalue weighted by molar-refractivity contribution is -0.156. The highest BCUT2D eigenvalue weighted by atomic mass is 16.5. The van der Waals surface area contributed by atoms with Crippen molar-refractivity contribution >= 4 is 23.7 Å². The summed E-state index contributed by atoms with van der Waals surface area (Å²) in [4.78, 5) is 59.8. The fourth-order valence-corrected chi connectivity index (χ4v) is 6.59. The second-order valence-corrected chi connectivity index (χ2v) is 13.8. The van der Waals surface area contributed by atoms with Crippen LogP contribution in [0.5, 0.6) is 0 Å². The van der Waals surface area contributed by atoms with Crippen molar-refractivity contribution in [3.8, 4) is 0 Å². The predicted molar refractivity (Wildman–Crippen MR) is 177 cm³/mol. The molecule has 3 rings (SSSR count). The zero-order chi connectivity index (χ0) is 33.4. The number of carbonyl (C=O) groups is 4. The first-order valence-corrected chi connectivity index (χ1v) is 16.8. The maximum absolute atomic E-state index is 13.9. The van der Waals surface area contributed by atoms with Gasteiger partial charge in [-0.25, -0.2) is 4.79 Å². The van der Waals surface area contributed by atoms with Gasteiger partial charge in [-0.3, -0.25) is 19.3 Å². The Balaban J connectivity index is 1.73. The monoisotopic (exact) mass is 624 g/mol. The van der Waals surface area contributed by atoms with E-state index in [4.69, 9.17) is 4.74 Å². The SMILES string of the molecule is C/C(=C\[C@H](C(C)C)N(C)C(=O)[C@@H](NC(=O)C1CCCCN1C(C)C)C(C)C)C(=O)N1CCC[C@H]1C(=O)OC(C)c1ccccc1. The summed E-state index contributed by atoms with van der Waals surface area (Å²) in [5.74, 6) is -1.02. The Kier molecular flexibility index (Phi) is 13.2. The molecule has 2 heterocycles. The number of nitrogens with zero attached hydrogens (tertiary/aromatic N) is 3. The van der Waals surface area contributed by atoms with Gasteiger partial charge in [0.25, 0.3) is 0 Å². The van der Waals surface area contributed by atoms with E-state index in [1.807, 2.05) is 71.0 Å². The van der Waals surface area contributed by atoms with Crippen LogP contribution in [-0.4, -0.2) is 88.7 Å². The van der Waals surface area contributed by atoms with E-state index in [0.29, 0.717) is 18.5 Å². The Morgan fingerprint density at radius 2 is 1.53 bits per heavy atom. The van der Waals surface area contributed by atoms with Gasteiger partial charge in [-0.15, -0.1) is 0 Å². The minimum absolute atomic E-state index is 0.00560. The van der Waals surface area contributed by atoms with Crippen LogP contribution in [0.25, 0.3) is 0 Å². The Morgan fingerprint density at radius 3 is 2.13 bits per heavy atom. The van der Waals surface area contributed by atoms with Crippen molar-refractivity contribution in [2.24, 2.45) is 11.8 Å². The molecule has 2 unspecified atom stereocenters. The number of hydrogen-bond acceptors (Lipinski definition) is 6. The average Bonchev–Trinajstić information content (AvgIpc) is 3.51. The van der Waals surface area contributed by atoms with Crippen molar-refractivity contribution in [2.45, 2.75) is 124 Å². The largest absolute Gasteiger partial charge is 0.456 e. The van der Waals surface area contributed by atoms with Crippen LogP contribution < -0.4 is 5.32 Å². The van der Waals surface area contributed by atoms with Crippen molar-refractivity contribution in [3.63, 3.8) is 0 Å². The molecule has 0 spiro atoms. The number of benzene rings is 1. The van der Waals surface area contributed by atoms with Gasteiger partial charge in [-0.2, -0.15) is 0 Å². The summed E-state index contributed by atoms with van der Waals surface area (Å²) in [7, 11) is 1.74. The highest BCUT2D eigenvalue weighted by Crippen LogP contribution is 2.26. The minimum Gasteiger partial charge on any atom is -0.456 e. The third kappa shape index (κ3) is 9.18. The molecule has 1 aromatic rings. The van der Waals surface area contributed by atoms with Crippen LogP contribution >= 0.6 is 0 Å². The topological polar surface area (TPSA) is 99.3 Å². The van der Waals surface area contributed by atoms with Crippen molar-refractivity contribution in [3.05, 3.63) is 47.5 Å². The minimum atomic E-state index is -0.687. The molecule has 2 fully saturated rings. The molecule has 1 N–H and O–H groups in total. The zero-order valence-corrected chi connectivity index (χ0v) is 28.9. The number of carbonyl (C=O) groups excluding carboxylic acids is 4. The quantitative estimate of drug-likeness (QED) is 0.256. The lowest BCUT2D eigenvalue weighted by Gasteiger charge is -2.39. The summed E-state index contributed by atoms with van der Waals surface area (Å²) >= 11 is 0. The van der Waals surface area contributed by atoms with E-state index in [0.717, 1.165) is 37.8 Å². The third-order valence-corrected chi connectivity index (χ3v) is 9.32. The van der Waals surface area contributed by atoms with Crippen molar-refractivity contribution in [1.82, 2.24) is 20.0 Å². The molecule has 0 aromatic heterocycles. The highest BCUT2D eigenvalue weighted by Gasteiger charge is 2.38. The maximum Gasteiger partial charge on any atom is 0.329 e. The summed E-state index contributed by atoms with van der Waals surface area (Å²) < 4.78 is 5.77. The summed E-state index contributed by atoms with van der Waals surface area (Å²) in [5, 5.41) is 3.09. The molecule has 3 amide bonds. The Morgan fingerprint density at radius 1 is 0.889 bits per heavy atom. The summed E-state index contributed by atoms with van der Waals surface area (Å²) in [5.41, 5.74) is 1.38. The number of rotatable bonds is 12. The molecule has 0 aliphatic carbocycles. The summed E-state index contributed by atoms with van der Waals surface area (Å²) in [6.45, 7) is 17.0. The van der Waals surface area contributed by atoms with Crippen LogP contribution in [-0.2, 0) is 23.9 Å². The van der Waals surface area contributed by atoms with Crippen LogP contribution in [0.15, 0.2) is 42.0 Å². The van der Waals surface area contributed by atoms with E-state index in [-0.39, 0.29) is 47.7 Å². The fourth-order valence-electron chi connectivity index (χ4n) is 6.59. The molecule has 0 saturated carbocycles. The van der Waals surface area contributed by atoms with Crippen LogP contribution in [0, 0.1) is 11.8 Å². The van der Waals surface area contributed by atoms with Gasteiger partial charge in [-0.05, 0) is 77.3 Å². The number of ether oxygens (including phenoxy) is 1. The van der Waals surface area contributed by atoms with E-state index in [1.165, 1.54) is 0 Å².